The Morgan fingerprint density at radius 2 is 1.82 bits per heavy atom. The van der Waals surface area contributed by atoms with Gasteiger partial charge < -0.3 is 4.90 Å². The van der Waals surface area contributed by atoms with E-state index in [-0.39, 0.29) is 5.78 Å². The van der Waals surface area contributed by atoms with Gasteiger partial charge in [0, 0.05) is 68.2 Å². The molecule has 0 amide bonds. The molecule has 1 saturated heterocycles. The summed E-state index contributed by atoms with van der Waals surface area (Å²) in [5.41, 5.74) is 8.18. The van der Waals surface area contributed by atoms with Crippen LogP contribution in [0.3, 0.4) is 0 Å². The Hall–Kier alpha value is -3.81. The van der Waals surface area contributed by atoms with E-state index in [4.69, 9.17) is 4.98 Å². The van der Waals surface area contributed by atoms with Crippen molar-refractivity contribution in [3.8, 4) is 11.3 Å². The Morgan fingerprint density at radius 1 is 1.00 bits per heavy atom. The number of aryl methyl sites for hydroxylation is 2. The van der Waals surface area contributed by atoms with Crippen molar-refractivity contribution in [2.75, 3.05) is 27.2 Å². The number of ketones is 1. The topological polar surface area (TPSA) is 75.1 Å². The zero-order chi connectivity index (χ0) is 27.4. The molecular formula is C32H36N6O. The second kappa shape index (κ2) is 11.9. The van der Waals surface area contributed by atoms with E-state index in [1.54, 1.807) is 18.6 Å². The Morgan fingerprint density at radius 3 is 2.56 bits per heavy atom. The molecule has 3 heterocycles. The molecule has 5 rings (SSSR count). The van der Waals surface area contributed by atoms with Crippen molar-refractivity contribution in [1.82, 2.24) is 29.7 Å². The van der Waals surface area contributed by atoms with Gasteiger partial charge in [-0.1, -0.05) is 30.3 Å². The van der Waals surface area contributed by atoms with Gasteiger partial charge in [0.15, 0.2) is 5.78 Å². The number of rotatable bonds is 9. The normalized spacial score (nSPS) is 15.7. The minimum atomic E-state index is 0.135. The van der Waals surface area contributed by atoms with Crippen molar-refractivity contribution in [3.63, 3.8) is 0 Å². The molecule has 0 N–H and O–H groups in total. The minimum Gasteiger partial charge on any atom is -0.305 e. The molecule has 7 nitrogen and oxygen atoms in total. The fourth-order valence-electron chi connectivity index (χ4n) is 5.22. The minimum absolute atomic E-state index is 0.135. The number of nitrogens with zero attached hydrogens (tertiary/aromatic N) is 6. The van der Waals surface area contributed by atoms with Crippen LogP contribution in [-0.2, 0) is 19.4 Å². The SMILES string of the molecule is Cc1ccc(CC(=O)c2ccc(CN3CCC(N(C)C)C3)c(C)c2)cc1Cc1nccc(-c2cncnc2)n1. The predicted molar refractivity (Wildman–Crippen MR) is 154 cm³/mol. The number of hydrogen-bond acceptors (Lipinski definition) is 7. The molecule has 1 fully saturated rings. The summed E-state index contributed by atoms with van der Waals surface area (Å²) in [6.45, 7) is 7.35. The lowest BCUT2D eigenvalue weighted by atomic mass is 9.96. The molecule has 1 aliphatic rings. The summed E-state index contributed by atoms with van der Waals surface area (Å²) in [5, 5.41) is 0. The van der Waals surface area contributed by atoms with E-state index in [9.17, 15) is 4.79 Å². The number of hydrogen-bond donors (Lipinski definition) is 0. The summed E-state index contributed by atoms with van der Waals surface area (Å²) in [5.74, 6) is 0.861. The molecule has 2 aromatic carbocycles. The van der Waals surface area contributed by atoms with Gasteiger partial charge in [-0.15, -0.1) is 0 Å². The highest BCUT2D eigenvalue weighted by molar-refractivity contribution is 5.97. The molecule has 0 bridgehead atoms. The summed E-state index contributed by atoms with van der Waals surface area (Å²) in [6, 6.07) is 14.9. The fraction of sp³-hybridized carbons (Fsp3) is 0.344. The van der Waals surface area contributed by atoms with Crippen LogP contribution in [0.2, 0.25) is 0 Å². The van der Waals surface area contributed by atoms with Crippen molar-refractivity contribution in [3.05, 3.63) is 107 Å². The van der Waals surface area contributed by atoms with E-state index in [1.165, 1.54) is 23.9 Å². The molecule has 4 aromatic rings. The largest absolute Gasteiger partial charge is 0.305 e. The lowest BCUT2D eigenvalue weighted by molar-refractivity contribution is 0.0993. The van der Waals surface area contributed by atoms with Gasteiger partial charge in [-0.2, -0.15) is 0 Å². The maximum Gasteiger partial charge on any atom is 0.167 e. The van der Waals surface area contributed by atoms with Crippen molar-refractivity contribution in [2.24, 2.45) is 0 Å². The molecule has 0 aliphatic carbocycles. The van der Waals surface area contributed by atoms with Gasteiger partial charge in [0.05, 0.1) is 5.69 Å². The van der Waals surface area contributed by atoms with Crippen LogP contribution < -0.4 is 0 Å². The smallest absolute Gasteiger partial charge is 0.167 e. The van der Waals surface area contributed by atoms with Crippen LogP contribution in [0.1, 0.15) is 50.4 Å². The molecule has 7 heteroatoms. The first-order chi connectivity index (χ1) is 18.9. The van der Waals surface area contributed by atoms with Crippen LogP contribution in [0.15, 0.2) is 67.4 Å². The second-order valence-corrected chi connectivity index (χ2v) is 10.8. The second-order valence-electron chi connectivity index (χ2n) is 10.8. The van der Waals surface area contributed by atoms with Gasteiger partial charge in [0.1, 0.15) is 12.2 Å². The summed E-state index contributed by atoms with van der Waals surface area (Å²) >= 11 is 0. The quantitative estimate of drug-likeness (QED) is 0.296. The van der Waals surface area contributed by atoms with Crippen LogP contribution in [-0.4, -0.2) is 68.7 Å². The lowest BCUT2D eigenvalue weighted by Gasteiger charge is -2.21. The first kappa shape index (κ1) is 26.8. The molecule has 0 radical (unpaired) electrons. The number of carbonyl (C=O) groups is 1. The highest BCUT2D eigenvalue weighted by Gasteiger charge is 2.24. The van der Waals surface area contributed by atoms with Gasteiger partial charge in [-0.05, 0) is 74.3 Å². The van der Waals surface area contributed by atoms with E-state index in [0.717, 1.165) is 59.0 Å². The van der Waals surface area contributed by atoms with Gasteiger partial charge in [-0.3, -0.25) is 9.69 Å². The summed E-state index contributed by atoms with van der Waals surface area (Å²) in [7, 11) is 4.31. The van der Waals surface area contributed by atoms with Gasteiger partial charge in [0.2, 0.25) is 0 Å². The zero-order valence-corrected chi connectivity index (χ0v) is 23.3. The Bertz CT molecular complexity index is 1450. The predicted octanol–water partition coefficient (Wildman–Crippen LogP) is 4.70. The number of likely N-dealkylation sites (N-methyl/N-ethyl adjacent to an activating group) is 1. The number of carbonyl (C=O) groups excluding carboxylic acids is 1. The van der Waals surface area contributed by atoms with E-state index in [2.05, 4.69) is 77.0 Å². The van der Waals surface area contributed by atoms with Gasteiger partial charge >= 0.3 is 0 Å². The number of likely N-dealkylation sites (tertiary alicyclic amines) is 1. The molecule has 2 aromatic heterocycles. The van der Waals surface area contributed by atoms with E-state index >= 15 is 0 Å². The molecule has 39 heavy (non-hydrogen) atoms. The van der Waals surface area contributed by atoms with Crippen molar-refractivity contribution < 1.29 is 4.79 Å². The average Bonchev–Trinajstić information content (AvgIpc) is 3.41. The van der Waals surface area contributed by atoms with E-state index in [1.807, 2.05) is 18.2 Å². The molecule has 1 unspecified atom stereocenters. The van der Waals surface area contributed by atoms with Crippen molar-refractivity contribution in [1.29, 1.82) is 0 Å². The Kier molecular flexibility index (Phi) is 8.19. The summed E-state index contributed by atoms with van der Waals surface area (Å²) in [4.78, 5) is 35.4. The molecule has 200 valence electrons. The monoisotopic (exact) mass is 520 g/mol. The number of benzene rings is 2. The van der Waals surface area contributed by atoms with Crippen LogP contribution in [0.4, 0.5) is 0 Å². The van der Waals surface area contributed by atoms with Crippen molar-refractivity contribution in [2.45, 2.75) is 45.7 Å². The Labute approximate surface area is 231 Å². The summed E-state index contributed by atoms with van der Waals surface area (Å²) < 4.78 is 0. The van der Waals surface area contributed by atoms with Crippen LogP contribution in [0.25, 0.3) is 11.3 Å². The molecule has 0 spiro atoms. The number of Topliss-reactive ketones (excluding diaryl/α,β-unsaturated/α-hetero) is 1. The highest BCUT2D eigenvalue weighted by Crippen LogP contribution is 2.22. The highest BCUT2D eigenvalue weighted by atomic mass is 16.1. The molecular weight excluding hydrogens is 484 g/mol. The average molecular weight is 521 g/mol. The third-order valence-electron chi connectivity index (χ3n) is 7.72. The molecule has 0 saturated carbocycles. The third kappa shape index (κ3) is 6.61. The van der Waals surface area contributed by atoms with E-state index in [0.29, 0.717) is 18.9 Å². The maximum atomic E-state index is 13.2. The first-order valence-electron chi connectivity index (χ1n) is 13.5. The molecule has 1 atom stereocenters. The Balaban J connectivity index is 1.25. The third-order valence-corrected chi connectivity index (χ3v) is 7.72. The zero-order valence-electron chi connectivity index (χ0n) is 23.3. The standard InChI is InChI=1S/C32H36N6O/c1-22-5-6-24(14-27(22)16-32-35-11-9-30(36-32)28-17-33-21-34-18-28)15-31(39)25-7-8-26(23(2)13-25)19-38-12-10-29(20-38)37(3)4/h5-9,11,13-14,17-18,21,29H,10,12,15-16,19-20H2,1-4H3. The summed E-state index contributed by atoms with van der Waals surface area (Å²) in [6.07, 6.45) is 8.94. The lowest BCUT2D eigenvalue weighted by Crippen LogP contribution is -2.31. The fourth-order valence-corrected chi connectivity index (χ4v) is 5.22. The van der Waals surface area contributed by atoms with Crippen LogP contribution >= 0.6 is 0 Å². The number of aromatic nitrogens is 4. The molecule has 1 aliphatic heterocycles. The van der Waals surface area contributed by atoms with Gasteiger partial charge in [0.25, 0.3) is 0 Å². The first-order valence-corrected chi connectivity index (χ1v) is 13.5. The maximum absolute atomic E-state index is 13.2. The van der Waals surface area contributed by atoms with Crippen molar-refractivity contribution >= 4 is 5.78 Å². The van der Waals surface area contributed by atoms with E-state index < -0.39 is 0 Å². The van der Waals surface area contributed by atoms with Crippen LogP contribution in [0, 0.1) is 13.8 Å². The van der Waals surface area contributed by atoms with Gasteiger partial charge in [-0.25, -0.2) is 19.9 Å². The van der Waals surface area contributed by atoms with Crippen LogP contribution in [0.5, 0.6) is 0 Å².